The lowest BCUT2D eigenvalue weighted by atomic mass is 9.51. The smallest absolute Gasteiger partial charge is 0.229 e. The average molecular weight is 743 g/mol. The summed E-state index contributed by atoms with van der Waals surface area (Å²) in [6, 6.07) is 36.3. The molecule has 4 aromatic carbocycles. The van der Waals surface area contributed by atoms with Crippen molar-refractivity contribution < 1.29 is 29.0 Å². The minimum atomic E-state index is -1.75. The number of benzene rings is 4. The highest BCUT2D eigenvalue weighted by Gasteiger charge is 2.67. The van der Waals surface area contributed by atoms with Gasteiger partial charge >= 0.3 is 0 Å². The summed E-state index contributed by atoms with van der Waals surface area (Å²) in [6.45, 7) is 8.04. The molecule has 1 aliphatic carbocycles. The molecule has 2 aliphatic rings. The summed E-state index contributed by atoms with van der Waals surface area (Å²) in [4.78, 5) is 16.1. The van der Waals surface area contributed by atoms with E-state index in [1.807, 2.05) is 47.4 Å². The maximum Gasteiger partial charge on any atom is 0.229 e. The van der Waals surface area contributed by atoms with Crippen LogP contribution in [0.1, 0.15) is 48.9 Å². The van der Waals surface area contributed by atoms with E-state index in [0.717, 1.165) is 35.2 Å². The standard InChI is InChI=1S/C42H50BrN2O5/c1-5-45(6-2,29-30-16-10-7-11-17-30)25-24-38(47)44-28-35-39(40(44)43)41(31-18-12-8-13-19-31,32-20-14-9-15-21-32)27-37(46)42(35,48)34-26-33(49-3)22-23-36(34)50-4/h7-23,26,35,37,39-40,46,48H,5-6,24-25,27-29H2,1-4H3/q+1/t35-,37+,39-,40?,42-/m0/s1. The first-order valence-electron chi connectivity index (χ1n) is 17.7. The molecule has 1 unspecified atom stereocenters. The highest BCUT2D eigenvalue weighted by molar-refractivity contribution is 9.09. The summed E-state index contributed by atoms with van der Waals surface area (Å²) < 4.78 is 12.2. The molecule has 1 saturated heterocycles. The molecule has 0 spiro atoms. The number of nitrogens with zero attached hydrogens (tertiary/aromatic N) is 2. The second-order valence-electron chi connectivity index (χ2n) is 14.0. The number of amides is 1. The van der Waals surface area contributed by atoms with Gasteiger partial charge in [0.25, 0.3) is 0 Å². The number of rotatable bonds is 12. The molecule has 0 radical (unpaired) electrons. The molecule has 6 rings (SSSR count). The van der Waals surface area contributed by atoms with Gasteiger partial charge in [-0.05, 0) is 49.6 Å². The Morgan fingerprint density at radius 3 is 2.00 bits per heavy atom. The number of alkyl halides is 1. The van der Waals surface area contributed by atoms with E-state index in [1.165, 1.54) is 5.56 Å². The van der Waals surface area contributed by atoms with Crippen molar-refractivity contribution in [2.24, 2.45) is 11.8 Å². The third-order valence-electron chi connectivity index (χ3n) is 11.8. The molecule has 264 valence electrons. The third-order valence-corrected chi connectivity index (χ3v) is 12.9. The molecule has 1 aliphatic heterocycles. The van der Waals surface area contributed by atoms with E-state index >= 15 is 0 Å². The van der Waals surface area contributed by atoms with E-state index in [1.54, 1.807) is 32.4 Å². The summed E-state index contributed by atoms with van der Waals surface area (Å²) in [5.74, 6) is 0.156. The first-order chi connectivity index (χ1) is 24.2. The predicted molar refractivity (Wildman–Crippen MR) is 200 cm³/mol. The van der Waals surface area contributed by atoms with Crippen molar-refractivity contribution >= 4 is 21.8 Å². The number of quaternary nitrogens is 1. The van der Waals surface area contributed by atoms with Gasteiger partial charge in [-0.2, -0.15) is 0 Å². The zero-order chi connectivity index (χ0) is 35.5. The van der Waals surface area contributed by atoms with Crippen LogP contribution in [0.2, 0.25) is 0 Å². The first-order valence-corrected chi connectivity index (χ1v) is 18.7. The van der Waals surface area contributed by atoms with E-state index in [9.17, 15) is 15.0 Å². The van der Waals surface area contributed by atoms with E-state index in [2.05, 4.69) is 78.3 Å². The molecule has 0 aromatic heterocycles. The Bertz CT molecular complexity index is 1700. The van der Waals surface area contributed by atoms with Crippen LogP contribution in [0.15, 0.2) is 109 Å². The van der Waals surface area contributed by atoms with Crippen molar-refractivity contribution in [3.8, 4) is 11.5 Å². The van der Waals surface area contributed by atoms with Crippen LogP contribution in [0.3, 0.4) is 0 Å². The molecule has 2 fully saturated rings. The van der Waals surface area contributed by atoms with Crippen molar-refractivity contribution in [1.29, 1.82) is 0 Å². The molecular weight excluding hydrogens is 692 g/mol. The molecule has 7 nitrogen and oxygen atoms in total. The molecular formula is C42H50BrN2O5+. The number of hydrogen-bond acceptors (Lipinski definition) is 5. The number of methoxy groups -OCH3 is 2. The van der Waals surface area contributed by atoms with Crippen molar-refractivity contribution in [1.82, 2.24) is 4.90 Å². The Balaban J connectivity index is 1.45. The van der Waals surface area contributed by atoms with Gasteiger partial charge in [-0.15, -0.1) is 0 Å². The van der Waals surface area contributed by atoms with Gasteiger partial charge in [0.1, 0.15) is 23.6 Å². The maximum absolute atomic E-state index is 14.6. The number of hydrogen-bond donors (Lipinski definition) is 2. The number of aliphatic hydroxyl groups is 2. The zero-order valence-electron chi connectivity index (χ0n) is 29.5. The van der Waals surface area contributed by atoms with Crippen molar-refractivity contribution in [3.05, 3.63) is 131 Å². The number of fused-ring (bicyclic) bond motifs is 1. The zero-order valence-corrected chi connectivity index (χ0v) is 31.1. The summed E-state index contributed by atoms with van der Waals surface area (Å²) >= 11 is 4.08. The van der Waals surface area contributed by atoms with Crippen molar-refractivity contribution in [3.63, 3.8) is 0 Å². The fourth-order valence-electron chi connectivity index (χ4n) is 8.94. The van der Waals surface area contributed by atoms with Gasteiger partial charge in [0.05, 0.1) is 51.3 Å². The molecule has 5 atom stereocenters. The van der Waals surface area contributed by atoms with Crippen LogP contribution < -0.4 is 9.47 Å². The number of aliphatic hydroxyl groups excluding tert-OH is 1. The molecule has 1 saturated carbocycles. The summed E-state index contributed by atoms with van der Waals surface area (Å²) in [6.07, 6.45) is -0.606. The van der Waals surface area contributed by atoms with Crippen LogP contribution in [0.4, 0.5) is 0 Å². The number of carbonyl (C=O) groups is 1. The largest absolute Gasteiger partial charge is 0.497 e. The van der Waals surface area contributed by atoms with E-state index in [0.29, 0.717) is 30.0 Å². The lowest BCUT2D eigenvalue weighted by molar-refractivity contribution is -0.937. The monoisotopic (exact) mass is 741 g/mol. The molecule has 4 aromatic rings. The Kier molecular flexibility index (Phi) is 10.8. The lowest BCUT2D eigenvalue weighted by Crippen LogP contribution is -2.61. The minimum Gasteiger partial charge on any atom is -0.497 e. The fraction of sp³-hybridized carbons (Fsp3) is 0.405. The first kappa shape index (κ1) is 36.1. The van der Waals surface area contributed by atoms with Crippen molar-refractivity contribution in [2.45, 2.75) is 55.3 Å². The summed E-state index contributed by atoms with van der Waals surface area (Å²) in [7, 11) is 3.15. The fourth-order valence-corrected chi connectivity index (χ4v) is 10.2. The van der Waals surface area contributed by atoms with Crippen molar-refractivity contribution in [2.75, 3.05) is 40.4 Å². The number of likely N-dealkylation sites (tertiary alicyclic amines) is 1. The number of carbonyl (C=O) groups excluding carboxylic acids is 1. The normalized spacial score (nSPS) is 24.4. The third kappa shape index (κ3) is 6.25. The van der Waals surface area contributed by atoms with Crippen LogP contribution in [-0.4, -0.2) is 77.0 Å². The summed E-state index contributed by atoms with van der Waals surface area (Å²) in [5.41, 5.74) is 1.31. The Labute approximate surface area is 305 Å². The Morgan fingerprint density at radius 1 is 0.880 bits per heavy atom. The molecule has 1 amide bonds. The minimum absolute atomic E-state index is 0.0307. The second kappa shape index (κ2) is 14.9. The second-order valence-corrected chi connectivity index (χ2v) is 14.9. The Morgan fingerprint density at radius 2 is 1.46 bits per heavy atom. The van der Waals surface area contributed by atoms with Crippen LogP contribution in [-0.2, 0) is 22.4 Å². The van der Waals surface area contributed by atoms with Gasteiger partial charge in [-0.1, -0.05) is 107 Å². The molecule has 2 N–H and O–H groups in total. The van der Waals surface area contributed by atoms with Gasteiger partial charge in [0.15, 0.2) is 0 Å². The van der Waals surface area contributed by atoms with Crippen LogP contribution in [0.25, 0.3) is 0 Å². The van der Waals surface area contributed by atoms with E-state index in [4.69, 9.17) is 9.47 Å². The van der Waals surface area contributed by atoms with Gasteiger partial charge in [-0.3, -0.25) is 4.79 Å². The average Bonchev–Trinajstić information content (AvgIpc) is 3.53. The molecule has 0 bridgehead atoms. The van der Waals surface area contributed by atoms with E-state index in [-0.39, 0.29) is 24.8 Å². The predicted octanol–water partition coefficient (Wildman–Crippen LogP) is 6.88. The van der Waals surface area contributed by atoms with Gasteiger partial charge in [0, 0.05) is 34.9 Å². The lowest BCUT2D eigenvalue weighted by Gasteiger charge is -2.55. The molecule has 50 heavy (non-hydrogen) atoms. The Hall–Kier alpha value is -3.69. The van der Waals surface area contributed by atoms with E-state index < -0.39 is 28.0 Å². The van der Waals surface area contributed by atoms with Crippen LogP contribution >= 0.6 is 15.9 Å². The summed E-state index contributed by atoms with van der Waals surface area (Å²) in [5, 5.41) is 25.5. The highest BCUT2D eigenvalue weighted by atomic mass is 79.9. The van der Waals surface area contributed by atoms with Gasteiger partial charge in [-0.25, -0.2) is 0 Å². The number of halogens is 1. The quantitative estimate of drug-likeness (QED) is 0.0941. The molecule has 1 heterocycles. The van der Waals surface area contributed by atoms with Crippen LogP contribution in [0.5, 0.6) is 11.5 Å². The van der Waals surface area contributed by atoms with Gasteiger partial charge in [0.2, 0.25) is 5.91 Å². The molecule has 8 heteroatoms. The maximum atomic E-state index is 14.6. The van der Waals surface area contributed by atoms with Gasteiger partial charge < -0.3 is 29.1 Å². The topological polar surface area (TPSA) is 79.2 Å². The SMILES string of the molecule is CC[N+](CC)(CCC(=O)N1C[C@H]2[C@@H](C1Br)C(c1ccccc1)(c1ccccc1)C[C@@H](O)[C@]2(O)c1cc(OC)ccc1OC)Cc1ccccc1. The van der Waals surface area contributed by atoms with Crippen LogP contribution in [0, 0.1) is 11.8 Å². The number of ether oxygens (including phenoxy) is 2. The highest BCUT2D eigenvalue weighted by Crippen LogP contribution is 2.63.